The van der Waals surface area contributed by atoms with Gasteiger partial charge in [-0.05, 0) is 44.9 Å². The van der Waals surface area contributed by atoms with E-state index in [1.54, 1.807) is 0 Å². The topological polar surface area (TPSA) is 18.5 Å². The summed E-state index contributed by atoms with van der Waals surface area (Å²) in [4.78, 5) is 0. The van der Waals surface area contributed by atoms with Crippen LogP contribution in [0.2, 0.25) is 0 Å². The first-order valence-electron chi connectivity index (χ1n) is 22.1. The van der Waals surface area contributed by atoms with Gasteiger partial charge in [-0.3, -0.25) is 0 Å². The smallest absolute Gasteiger partial charge is 0.102 e. The van der Waals surface area contributed by atoms with E-state index in [1.807, 2.05) is 0 Å². The summed E-state index contributed by atoms with van der Waals surface area (Å²) < 4.78 is 14.0. The number of unbranched alkanes of at least 4 members (excludes halogenated alkanes) is 27. The molecule has 0 aromatic rings. The standard InChI is InChI=1S/C44H94N2O2/c1-7-9-11-13-15-17-21-25-29-33-37-45(3,4)38-34-30-26-23-19-20-24-28-32-36-41-47-43-44-48-42-40-46(5,6)39-35-31-27-22-18-16-14-12-10-8-2/h7-44H2,1-6H3/q+2. The number of hydrogen-bond donors (Lipinski definition) is 0. The molecule has 0 heterocycles. The zero-order chi connectivity index (χ0) is 35.3. The second-order valence-corrected chi connectivity index (χ2v) is 16.9. The lowest BCUT2D eigenvalue weighted by Gasteiger charge is -2.30. The van der Waals surface area contributed by atoms with Crippen LogP contribution in [-0.2, 0) is 9.47 Å². The van der Waals surface area contributed by atoms with Gasteiger partial charge in [0.25, 0.3) is 0 Å². The molecule has 0 unspecified atom stereocenters. The fourth-order valence-corrected chi connectivity index (χ4v) is 7.07. The van der Waals surface area contributed by atoms with E-state index in [-0.39, 0.29) is 0 Å². The van der Waals surface area contributed by atoms with Crippen molar-refractivity contribution in [1.29, 1.82) is 0 Å². The van der Waals surface area contributed by atoms with Crippen molar-refractivity contribution in [3.8, 4) is 0 Å². The summed E-state index contributed by atoms with van der Waals surface area (Å²) in [5, 5.41) is 0. The van der Waals surface area contributed by atoms with Gasteiger partial charge in [0.05, 0.1) is 67.6 Å². The SMILES string of the molecule is CCCCCCCCCCCC[N+](C)(C)CCCCCCCCCCCCOCCOCC[N+](C)(C)CCCCCCCCCCCC. The van der Waals surface area contributed by atoms with Gasteiger partial charge in [-0.1, -0.05) is 162 Å². The van der Waals surface area contributed by atoms with Crippen LogP contribution < -0.4 is 0 Å². The van der Waals surface area contributed by atoms with Gasteiger partial charge in [0.15, 0.2) is 0 Å². The Morgan fingerprint density at radius 3 is 0.833 bits per heavy atom. The van der Waals surface area contributed by atoms with Crippen molar-refractivity contribution in [1.82, 2.24) is 0 Å². The first-order chi connectivity index (χ1) is 23.3. The van der Waals surface area contributed by atoms with E-state index >= 15 is 0 Å². The highest BCUT2D eigenvalue weighted by Gasteiger charge is 2.14. The first-order valence-corrected chi connectivity index (χ1v) is 22.1. The van der Waals surface area contributed by atoms with Crippen LogP contribution >= 0.6 is 0 Å². The molecule has 0 atom stereocenters. The molecule has 0 aromatic carbocycles. The van der Waals surface area contributed by atoms with Gasteiger partial charge < -0.3 is 18.4 Å². The van der Waals surface area contributed by atoms with Crippen LogP contribution in [0.5, 0.6) is 0 Å². The number of hydrogen-bond acceptors (Lipinski definition) is 2. The third kappa shape index (κ3) is 38.6. The highest BCUT2D eigenvalue weighted by molar-refractivity contribution is 4.51. The maximum Gasteiger partial charge on any atom is 0.102 e. The summed E-state index contributed by atoms with van der Waals surface area (Å²) in [7, 11) is 9.62. The lowest BCUT2D eigenvalue weighted by atomic mass is 10.1. The number of likely N-dealkylation sites (N-methyl/N-ethyl adjacent to an activating group) is 1. The lowest BCUT2D eigenvalue weighted by molar-refractivity contribution is -0.891. The van der Waals surface area contributed by atoms with Crippen molar-refractivity contribution >= 4 is 0 Å². The molecule has 0 aromatic heterocycles. The molecule has 0 aliphatic heterocycles. The largest absolute Gasteiger partial charge is 0.379 e. The number of ether oxygens (including phenoxy) is 2. The van der Waals surface area contributed by atoms with E-state index in [0.717, 1.165) is 37.5 Å². The second kappa shape index (κ2) is 36.6. The lowest BCUT2D eigenvalue weighted by Crippen LogP contribution is -2.43. The molecule has 0 bridgehead atoms. The molecular formula is C44H94N2O2+2. The fraction of sp³-hybridized carbons (Fsp3) is 1.00. The Hall–Kier alpha value is -0.160. The molecule has 0 amide bonds. The van der Waals surface area contributed by atoms with Gasteiger partial charge >= 0.3 is 0 Å². The molecule has 0 aliphatic rings. The quantitative estimate of drug-likeness (QED) is 0.0472. The summed E-state index contributed by atoms with van der Waals surface area (Å²) in [6.07, 6.45) is 42.4. The Kier molecular flexibility index (Phi) is 36.5. The van der Waals surface area contributed by atoms with Crippen molar-refractivity contribution < 1.29 is 18.4 Å². The van der Waals surface area contributed by atoms with Gasteiger partial charge in [0.2, 0.25) is 0 Å². The molecule has 0 radical (unpaired) electrons. The Balaban J connectivity index is 3.34. The summed E-state index contributed by atoms with van der Waals surface area (Å²) in [5.74, 6) is 0. The van der Waals surface area contributed by atoms with E-state index in [4.69, 9.17) is 9.47 Å². The van der Waals surface area contributed by atoms with Crippen molar-refractivity contribution in [3.63, 3.8) is 0 Å². The van der Waals surface area contributed by atoms with Crippen LogP contribution in [0, 0.1) is 0 Å². The molecule has 0 fully saturated rings. The van der Waals surface area contributed by atoms with Crippen molar-refractivity contribution in [3.05, 3.63) is 0 Å². The van der Waals surface area contributed by atoms with Crippen LogP contribution in [0.1, 0.15) is 206 Å². The maximum absolute atomic E-state index is 5.89. The maximum atomic E-state index is 5.89. The third-order valence-electron chi connectivity index (χ3n) is 10.7. The molecule has 0 saturated carbocycles. The highest BCUT2D eigenvalue weighted by atomic mass is 16.5. The first kappa shape index (κ1) is 47.8. The summed E-state index contributed by atoms with van der Waals surface area (Å²) in [6, 6.07) is 0. The zero-order valence-electron chi connectivity index (χ0n) is 34.6. The molecule has 48 heavy (non-hydrogen) atoms. The van der Waals surface area contributed by atoms with E-state index < -0.39 is 0 Å². The predicted octanol–water partition coefficient (Wildman–Crippen LogP) is 12.9. The Bertz CT molecular complexity index is 557. The molecule has 0 spiro atoms. The highest BCUT2D eigenvalue weighted by Crippen LogP contribution is 2.15. The molecule has 290 valence electrons. The summed E-state index contributed by atoms with van der Waals surface area (Å²) in [5.41, 5.74) is 0. The van der Waals surface area contributed by atoms with Gasteiger partial charge in [-0.15, -0.1) is 0 Å². The van der Waals surface area contributed by atoms with Gasteiger partial charge in [-0.2, -0.15) is 0 Å². The fourth-order valence-electron chi connectivity index (χ4n) is 7.07. The Morgan fingerprint density at radius 1 is 0.250 bits per heavy atom. The predicted molar refractivity (Wildman–Crippen MR) is 215 cm³/mol. The summed E-state index contributed by atoms with van der Waals surface area (Å²) >= 11 is 0. The average Bonchev–Trinajstić information content (AvgIpc) is 3.05. The Morgan fingerprint density at radius 2 is 0.500 bits per heavy atom. The van der Waals surface area contributed by atoms with Gasteiger partial charge in [0, 0.05) is 6.61 Å². The van der Waals surface area contributed by atoms with E-state index in [0.29, 0.717) is 0 Å². The minimum atomic E-state index is 0.744. The van der Waals surface area contributed by atoms with Crippen LogP contribution in [-0.4, -0.2) is 89.8 Å². The van der Waals surface area contributed by atoms with Crippen LogP contribution in [0.25, 0.3) is 0 Å². The monoisotopic (exact) mass is 683 g/mol. The summed E-state index contributed by atoms with van der Waals surface area (Å²) in [6.45, 7) is 13.0. The molecule has 4 heteroatoms. The molecule has 0 saturated heterocycles. The van der Waals surface area contributed by atoms with Crippen LogP contribution in [0.4, 0.5) is 0 Å². The van der Waals surface area contributed by atoms with Crippen molar-refractivity contribution in [2.45, 2.75) is 206 Å². The average molecular weight is 683 g/mol. The van der Waals surface area contributed by atoms with Crippen molar-refractivity contribution in [2.75, 3.05) is 80.8 Å². The van der Waals surface area contributed by atoms with Crippen LogP contribution in [0.3, 0.4) is 0 Å². The van der Waals surface area contributed by atoms with Crippen molar-refractivity contribution in [2.24, 2.45) is 0 Å². The van der Waals surface area contributed by atoms with E-state index in [2.05, 4.69) is 42.0 Å². The number of nitrogens with zero attached hydrogens (tertiary/aromatic N) is 2. The van der Waals surface area contributed by atoms with Gasteiger partial charge in [-0.25, -0.2) is 0 Å². The van der Waals surface area contributed by atoms with E-state index in [9.17, 15) is 0 Å². The third-order valence-corrected chi connectivity index (χ3v) is 10.7. The second-order valence-electron chi connectivity index (χ2n) is 16.9. The Labute approximate surface area is 305 Å². The van der Waals surface area contributed by atoms with E-state index in [1.165, 1.54) is 217 Å². The van der Waals surface area contributed by atoms with Crippen LogP contribution in [0.15, 0.2) is 0 Å². The zero-order valence-corrected chi connectivity index (χ0v) is 34.6. The van der Waals surface area contributed by atoms with Gasteiger partial charge in [0.1, 0.15) is 6.54 Å². The molecule has 4 nitrogen and oxygen atoms in total. The normalized spacial score (nSPS) is 12.4. The number of quaternary nitrogens is 2. The molecule has 0 N–H and O–H groups in total. The minimum absolute atomic E-state index is 0.744. The minimum Gasteiger partial charge on any atom is -0.379 e. The molecule has 0 aliphatic carbocycles. The molecular weight excluding hydrogens is 588 g/mol. The number of rotatable bonds is 41. The molecule has 0 rings (SSSR count).